The number of thiophene rings is 1. The van der Waals surface area contributed by atoms with Crippen LogP contribution in [0.1, 0.15) is 46.6 Å². The van der Waals surface area contributed by atoms with Crippen molar-refractivity contribution in [1.29, 1.82) is 5.26 Å². The minimum absolute atomic E-state index is 0.255. The van der Waals surface area contributed by atoms with Crippen molar-refractivity contribution in [1.82, 2.24) is 9.97 Å². The van der Waals surface area contributed by atoms with Crippen LogP contribution in [-0.2, 0) is 4.74 Å². The lowest BCUT2D eigenvalue weighted by atomic mass is 10.2. The van der Waals surface area contributed by atoms with Gasteiger partial charge in [-0.15, -0.1) is 11.3 Å². The Hall–Kier alpha value is -3.18. The summed E-state index contributed by atoms with van der Waals surface area (Å²) in [6, 6.07) is 8.89. The molecule has 2 heterocycles. The molecule has 3 aromatic rings. The lowest BCUT2D eigenvalue weighted by Gasteiger charge is -2.14. The maximum Gasteiger partial charge on any atom is 0.348 e. The molecule has 0 amide bonds. The Kier molecular flexibility index (Phi) is 5.23. The van der Waals surface area contributed by atoms with Gasteiger partial charge in [0.25, 0.3) is 5.56 Å². The average molecular weight is 383 g/mol. The molecule has 1 unspecified atom stereocenters. The monoisotopic (exact) mass is 383 g/mol. The predicted octanol–water partition coefficient (Wildman–Crippen LogP) is 3.48. The number of para-hydroxylation sites is 1. The molecule has 0 saturated carbocycles. The van der Waals surface area contributed by atoms with Gasteiger partial charge in [-0.1, -0.05) is 12.1 Å². The van der Waals surface area contributed by atoms with Crippen molar-refractivity contribution in [3.63, 3.8) is 0 Å². The van der Waals surface area contributed by atoms with Gasteiger partial charge in [-0.2, -0.15) is 5.26 Å². The molecule has 2 aromatic heterocycles. The van der Waals surface area contributed by atoms with Gasteiger partial charge in [0.1, 0.15) is 21.5 Å². The molecule has 1 aromatic carbocycles. The fourth-order valence-corrected chi connectivity index (χ4v) is 3.74. The lowest BCUT2D eigenvalue weighted by molar-refractivity contribution is 0.0531. The van der Waals surface area contributed by atoms with Crippen molar-refractivity contribution in [2.45, 2.75) is 26.9 Å². The minimum atomic E-state index is -0.593. The van der Waals surface area contributed by atoms with Crippen LogP contribution in [0, 0.1) is 18.3 Å². The van der Waals surface area contributed by atoms with Crippen LogP contribution in [-0.4, -0.2) is 22.5 Å². The normalized spacial score (nSPS) is 11.8. The van der Waals surface area contributed by atoms with Gasteiger partial charge in [0.2, 0.25) is 0 Å². The van der Waals surface area contributed by atoms with Crippen LogP contribution in [0.25, 0.3) is 10.2 Å². The first-order valence-electron chi connectivity index (χ1n) is 8.32. The van der Waals surface area contributed by atoms with E-state index in [1.54, 1.807) is 45.0 Å². The third-order valence-electron chi connectivity index (χ3n) is 3.98. The van der Waals surface area contributed by atoms with Crippen LogP contribution in [0.3, 0.4) is 0 Å². The predicted molar refractivity (Wildman–Crippen MR) is 101 cm³/mol. The molecule has 1 N–H and O–H groups in total. The van der Waals surface area contributed by atoms with Crippen LogP contribution >= 0.6 is 11.3 Å². The number of hydrogen-bond acceptors (Lipinski definition) is 7. The van der Waals surface area contributed by atoms with E-state index < -0.39 is 12.1 Å². The smallest absolute Gasteiger partial charge is 0.348 e. The third kappa shape index (κ3) is 3.55. The summed E-state index contributed by atoms with van der Waals surface area (Å²) in [6.45, 7) is 5.41. The van der Waals surface area contributed by atoms with Crippen molar-refractivity contribution >= 4 is 27.5 Å². The van der Waals surface area contributed by atoms with Crippen molar-refractivity contribution in [2.75, 3.05) is 6.61 Å². The number of benzene rings is 1. The van der Waals surface area contributed by atoms with Crippen molar-refractivity contribution in [3.05, 3.63) is 56.4 Å². The van der Waals surface area contributed by atoms with E-state index in [9.17, 15) is 14.9 Å². The summed E-state index contributed by atoms with van der Waals surface area (Å²) in [5, 5.41) is 9.54. The van der Waals surface area contributed by atoms with Crippen molar-refractivity contribution in [2.24, 2.45) is 0 Å². The Labute approximate surface area is 159 Å². The average Bonchev–Trinajstić information content (AvgIpc) is 2.99. The summed E-state index contributed by atoms with van der Waals surface area (Å²) in [4.78, 5) is 32.6. The number of aromatic amines is 1. The van der Waals surface area contributed by atoms with E-state index in [0.29, 0.717) is 37.8 Å². The number of aryl methyl sites for hydroxylation is 1. The molecule has 27 heavy (non-hydrogen) atoms. The second-order valence-electron chi connectivity index (χ2n) is 5.78. The van der Waals surface area contributed by atoms with Gasteiger partial charge < -0.3 is 14.5 Å². The molecular formula is C19H17N3O4S. The van der Waals surface area contributed by atoms with E-state index >= 15 is 0 Å². The fraction of sp³-hybridized carbons (Fsp3) is 0.263. The Balaban J connectivity index is 2.00. The molecule has 7 nitrogen and oxygen atoms in total. The highest BCUT2D eigenvalue weighted by Gasteiger charge is 2.22. The molecule has 0 bridgehead atoms. The van der Waals surface area contributed by atoms with E-state index in [1.807, 2.05) is 0 Å². The maximum absolute atomic E-state index is 12.5. The molecule has 0 spiro atoms. The van der Waals surface area contributed by atoms with Gasteiger partial charge in [-0.25, -0.2) is 9.78 Å². The zero-order valence-corrected chi connectivity index (χ0v) is 15.8. The highest BCUT2D eigenvalue weighted by Crippen LogP contribution is 2.29. The summed E-state index contributed by atoms with van der Waals surface area (Å²) < 4.78 is 10.8. The molecule has 0 saturated heterocycles. The topological polar surface area (TPSA) is 105 Å². The number of esters is 1. The number of nitrogens with zero attached hydrogens (tertiary/aromatic N) is 2. The Morgan fingerprint density at radius 1 is 1.41 bits per heavy atom. The van der Waals surface area contributed by atoms with Crippen LogP contribution in [0.4, 0.5) is 0 Å². The van der Waals surface area contributed by atoms with Gasteiger partial charge in [0.05, 0.1) is 17.6 Å². The number of carbonyl (C=O) groups is 1. The van der Waals surface area contributed by atoms with Crippen molar-refractivity contribution in [3.8, 4) is 11.8 Å². The van der Waals surface area contributed by atoms with E-state index in [0.717, 1.165) is 11.3 Å². The zero-order chi connectivity index (χ0) is 19.6. The minimum Gasteiger partial charge on any atom is -0.481 e. The zero-order valence-electron chi connectivity index (χ0n) is 15.0. The number of nitrogens with one attached hydrogen (secondary N) is 1. The molecule has 3 rings (SSSR count). The first kappa shape index (κ1) is 18.6. The standard InChI is InChI=1S/C19H17N3O4S/c1-4-25-19(24)15-10(2)14-17(23)21-16(22-18(14)27-15)11(3)26-13-8-6-5-7-12(13)9-20/h5-8,11H,4H2,1-3H3,(H,21,22,23). The molecule has 0 radical (unpaired) electrons. The number of rotatable bonds is 5. The molecular weight excluding hydrogens is 366 g/mol. The Morgan fingerprint density at radius 2 is 2.15 bits per heavy atom. The summed E-state index contributed by atoms with van der Waals surface area (Å²) in [7, 11) is 0. The van der Waals surface area contributed by atoms with E-state index in [-0.39, 0.29) is 12.2 Å². The number of aromatic nitrogens is 2. The molecule has 0 aliphatic rings. The van der Waals surface area contributed by atoms with Gasteiger partial charge >= 0.3 is 5.97 Å². The maximum atomic E-state index is 12.5. The molecule has 138 valence electrons. The SMILES string of the molecule is CCOC(=O)c1sc2nc(C(C)Oc3ccccc3C#N)[nH]c(=O)c2c1C. The molecule has 0 fully saturated rings. The third-order valence-corrected chi connectivity index (χ3v) is 5.14. The van der Waals surface area contributed by atoms with Crippen LogP contribution < -0.4 is 10.3 Å². The second kappa shape index (κ2) is 7.60. The Morgan fingerprint density at radius 3 is 2.85 bits per heavy atom. The number of hydrogen-bond donors (Lipinski definition) is 1. The number of ether oxygens (including phenoxy) is 2. The highest BCUT2D eigenvalue weighted by atomic mass is 32.1. The molecule has 0 aliphatic carbocycles. The molecule has 8 heteroatoms. The summed E-state index contributed by atoms with van der Waals surface area (Å²) >= 11 is 1.12. The number of nitriles is 1. The van der Waals surface area contributed by atoms with Crippen LogP contribution in [0.5, 0.6) is 5.75 Å². The van der Waals surface area contributed by atoms with E-state index in [1.165, 1.54) is 0 Å². The number of fused-ring (bicyclic) bond motifs is 1. The molecule has 1 atom stereocenters. The largest absolute Gasteiger partial charge is 0.481 e. The van der Waals surface area contributed by atoms with Gasteiger partial charge in [0.15, 0.2) is 11.9 Å². The van der Waals surface area contributed by atoms with Gasteiger partial charge in [0, 0.05) is 0 Å². The summed E-state index contributed by atoms with van der Waals surface area (Å²) in [5.41, 5.74) is 0.602. The number of H-pyrrole nitrogens is 1. The van der Waals surface area contributed by atoms with Gasteiger partial charge in [-0.05, 0) is 38.5 Å². The van der Waals surface area contributed by atoms with Crippen molar-refractivity contribution < 1.29 is 14.3 Å². The second-order valence-corrected chi connectivity index (χ2v) is 6.78. The first-order chi connectivity index (χ1) is 13.0. The first-order valence-corrected chi connectivity index (χ1v) is 9.14. The van der Waals surface area contributed by atoms with Crippen LogP contribution in [0.2, 0.25) is 0 Å². The van der Waals surface area contributed by atoms with Gasteiger partial charge in [-0.3, -0.25) is 4.79 Å². The summed E-state index contributed by atoms with van der Waals surface area (Å²) in [6.07, 6.45) is -0.593. The highest BCUT2D eigenvalue weighted by molar-refractivity contribution is 7.20. The van der Waals surface area contributed by atoms with E-state index in [2.05, 4.69) is 16.0 Å². The lowest BCUT2D eigenvalue weighted by Crippen LogP contribution is -2.16. The van der Waals surface area contributed by atoms with Crippen LogP contribution in [0.15, 0.2) is 29.1 Å². The summed E-state index contributed by atoms with van der Waals surface area (Å²) in [5.74, 6) is 0.257. The Bertz CT molecular complexity index is 1110. The fourth-order valence-electron chi connectivity index (χ4n) is 2.65. The molecule has 0 aliphatic heterocycles. The number of carbonyl (C=O) groups excluding carboxylic acids is 1. The van der Waals surface area contributed by atoms with E-state index in [4.69, 9.17) is 9.47 Å². The quantitative estimate of drug-likeness (QED) is 0.676.